The van der Waals surface area contributed by atoms with Crippen molar-refractivity contribution in [1.82, 2.24) is 9.59 Å². The van der Waals surface area contributed by atoms with Crippen LogP contribution in [0.4, 0.5) is 5.00 Å². The van der Waals surface area contributed by atoms with Gasteiger partial charge in [-0.3, -0.25) is 4.79 Å². The summed E-state index contributed by atoms with van der Waals surface area (Å²) in [5.74, 6) is 5.48. The van der Waals surface area contributed by atoms with E-state index in [4.69, 9.17) is 5.73 Å². The number of benzene rings is 1. The normalized spacial score (nSPS) is 9.58. The van der Waals surface area contributed by atoms with E-state index in [9.17, 15) is 4.79 Å². The molecule has 0 aliphatic heterocycles. The third-order valence-corrected chi connectivity index (χ3v) is 3.00. The van der Waals surface area contributed by atoms with Crippen molar-refractivity contribution in [3.63, 3.8) is 0 Å². The number of carbonyl (C=O) groups excluding carboxylic acids is 1. The van der Waals surface area contributed by atoms with E-state index in [0.717, 1.165) is 22.7 Å². The van der Waals surface area contributed by atoms with Crippen molar-refractivity contribution in [2.45, 2.75) is 6.92 Å². The molecule has 0 fully saturated rings. The van der Waals surface area contributed by atoms with Gasteiger partial charge in [-0.1, -0.05) is 22.4 Å². The molecule has 0 radical (unpaired) electrons. The number of carbonyl (C=O) groups is 1. The Morgan fingerprint density at radius 1 is 1.53 bits per heavy atom. The van der Waals surface area contributed by atoms with Gasteiger partial charge in [-0.15, -0.1) is 5.10 Å². The van der Waals surface area contributed by atoms with Gasteiger partial charge in [0.05, 0.1) is 12.7 Å². The Labute approximate surface area is 115 Å². The third kappa shape index (κ3) is 3.37. The van der Waals surface area contributed by atoms with Crippen molar-refractivity contribution in [2.75, 3.05) is 11.9 Å². The maximum absolute atomic E-state index is 12.1. The first-order valence-electron chi connectivity index (χ1n) is 5.59. The first kappa shape index (κ1) is 13.2. The second-order valence-electron chi connectivity index (χ2n) is 3.77. The minimum atomic E-state index is -0.194. The predicted molar refractivity (Wildman–Crippen MR) is 75.0 cm³/mol. The quantitative estimate of drug-likeness (QED) is 0.810. The molecule has 1 aromatic carbocycles. The lowest BCUT2D eigenvalue weighted by Crippen LogP contribution is -2.12. The Balaban J connectivity index is 2.25. The highest BCUT2D eigenvalue weighted by Gasteiger charge is 2.10. The average Bonchev–Trinajstić information content (AvgIpc) is 2.90. The molecule has 0 saturated carbocycles. The lowest BCUT2D eigenvalue weighted by molar-refractivity contribution is 0.102. The van der Waals surface area contributed by atoms with E-state index in [2.05, 4.69) is 26.7 Å². The number of amides is 1. The Kier molecular flexibility index (Phi) is 4.23. The van der Waals surface area contributed by atoms with Gasteiger partial charge in [0.2, 0.25) is 0 Å². The monoisotopic (exact) mass is 272 g/mol. The molecule has 1 heterocycles. The summed E-state index contributed by atoms with van der Waals surface area (Å²) >= 11 is 1.13. The third-order valence-electron chi connectivity index (χ3n) is 2.42. The smallest absolute Gasteiger partial charge is 0.256 e. The Hall–Kier alpha value is -2.23. The molecule has 1 amide bonds. The summed E-state index contributed by atoms with van der Waals surface area (Å²) in [7, 11) is 0. The highest BCUT2D eigenvalue weighted by Crippen LogP contribution is 2.15. The van der Waals surface area contributed by atoms with Gasteiger partial charge >= 0.3 is 0 Å². The van der Waals surface area contributed by atoms with Gasteiger partial charge in [0.1, 0.15) is 5.00 Å². The summed E-state index contributed by atoms with van der Waals surface area (Å²) in [6.45, 7) is 2.17. The minimum absolute atomic E-state index is 0.194. The van der Waals surface area contributed by atoms with Crippen LogP contribution in [0, 0.1) is 18.8 Å². The maximum atomic E-state index is 12.1. The van der Waals surface area contributed by atoms with Crippen LogP contribution >= 0.6 is 11.5 Å². The second-order valence-corrected chi connectivity index (χ2v) is 4.56. The van der Waals surface area contributed by atoms with Crippen molar-refractivity contribution >= 4 is 22.4 Å². The molecule has 6 heteroatoms. The molecule has 3 N–H and O–H groups in total. The summed E-state index contributed by atoms with van der Waals surface area (Å²) in [4.78, 5) is 12.1. The number of aryl methyl sites for hydroxylation is 1. The number of hydrogen-bond donors (Lipinski definition) is 2. The SMILES string of the molecule is Cc1ccc(C#CCN)cc1C(=O)Nc1cnns1. The molecule has 1 aromatic heterocycles. The average molecular weight is 272 g/mol. The van der Waals surface area contributed by atoms with E-state index in [1.165, 1.54) is 6.20 Å². The van der Waals surface area contributed by atoms with Crippen LogP contribution in [-0.4, -0.2) is 22.0 Å². The molecule has 2 aromatic rings. The van der Waals surface area contributed by atoms with Gasteiger partial charge < -0.3 is 11.1 Å². The molecule has 0 bridgehead atoms. The number of nitrogens with two attached hydrogens (primary N) is 1. The largest absolute Gasteiger partial charge is 0.320 e. The van der Waals surface area contributed by atoms with Crippen LogP contribution in [-0.2, 0) is 0 Å². The van der Waals surface area contributed by atoms with E-state index in [1.807, 2.05) is 19.1 Å². The first-order valence-corrected chi connectivity index (χ1v) is 6.36. The molecule has 96 valence electrons. The van der Waals surface area contributed by atoms with Crippen molar-refractivity contribution in [3.05, 3.63) is 41.1 Å². The van der Waals surface area contributed by atoms with Crippen LogP contribution < -0.4 is 11.1 Å². The Bertz CT molecular complexity index is 640. The molecular weight excluding hydrogens is 260 g/mol. The summed E-state index contributed by atoms with van der Waals surface area (Å²) in [5, 5.41) is 7.02. The minimum Gasteiger partial charge on any atom is -0.320 e. The molecule has 0 aliphatic carbocycles. The first-order chi connectivity index (χ1) is 9.20. The van der Waals surface area contributed by atoms with Crippen molar-refractivity contribution in [2.24, 2.45) is 5.73 Å². The van der Waals surface area contributed by atoms with Crippen molar-refractivity contribution in [1.29, 1.82) is 0 Å². The van der Waals surface area contributed by atoms with Crippen LogP contribution in [0.15, 0.2) is 24.4 Å². The lowest BCUT2D eigenvalue weighted by atomic mass is 10.0. The van der Waals surface area contributed by atoms with Gasteiger partial charge in [-0.2, -0.15) is 0 Å². The van der Waals surface area contributed by atoms with E-state index >= 15 is 0 Å². The standard InChI is InChI=1S/C13H12N4OS/c1-9-4-5-10(3-2-6-14)7-11(9)13(18)16-12-8-15-17-19-12/h4-5,7-8H,6,14H2,1H3,(H,16,18). The number of hydrogen-bond acceptors (Lipinski definition) is 5. The highest BCUT2D eigenvalue weighted by atomic mass is 32.1. The lowest BCUT2D eigenvalue weighted by Gasteiger charge is -2.06. The fourth-order valence-corrected chi connectivity index (χ4v) is 1.91. The Morgan fingerprint density at radius 2 is 2.37 bits per heavy atom. The molecular formula is C13H12N4OS. The number of aromatic nitrogens is 2. The van der Waals surface area contributed by atoms with Crippen LogP contribution in [0.2, 0.25) is 0 Å². The van der Waals surface area contributed by atoms with Crippen LogP contribution in [0.5, 0.6) is 0 Å². The van der Waals surface area contributed by atoms with Gasteiger partial charge in [-0.05, 0) is 24.6 Å². The molecule has 5 nitrogen and oxygen atoms in total. The molecule has 0 atom stereocenters. The van der Waals surface area contributed by atoms with Crippen LogP contribution in [0.1, 0.15) is 21.5 Å². The molecule has 0 unspecified atom stereocenters. The van der Waals surface area contributed by atoms with Crippen molar-refractivity contribution < 1.29 is 4.79 Å². The van der Waals surface area contributed by atoms with Crippen molar-refractivity contribution in [3.8, 4) is 11.8 Å². The molecule has 0 aliphatic rings. The zero-order chi connectivity index (χ0) is 13.7. The molecule has 0 spiro atoms. The highest BCUT2D eigenvalue weighted by molar-refractivity contribution is 7.10. The van der Waals surface area contributed by atoms with Gasteiger partial charge in [-0.25, -0.2) is 0 Å². The predicted octanol–water partition coefficient (Wildman–Crippen LogP) is 1.41. The van der Waals surface area contributed by atoms with E-state index < -0.39 is 0 Å². The van der Waals surface area contributed by atoms with E-state index in [-0.39, 0.29) is 5.91 Å². The maximum Gasteiger partial charge on any atom is 0.256 e. The van der Waals surface area contributed by atoms with Gasteiger partial charge in [0, 0.05) is 22.7 Å². The summed E-state index contributed by atoms with van der Waals surface area (Å²) in [5.41, 5.74) is 7.56. The summed E-state index contributed by atoms with van der Waals surface area (Å²) in [6, 6.07) is 5.48. The van der Waals surface area contributed by atoms with E-state index in [1.54, 1.807) is 6.07 Å². The summed E-state index contributed by atoms with van der Waals surface area (Å²) < 4.78 is 3.69. The van der Waals surface area contributed by atoms with Crippen LogP contribution in [0.25, 0.3) is 0 Å². The van der Waals surface area contributed by atoms with Crippen LogP contribution in [0.3, 0.4) is 0 Å². The van der Waals surface area contributed by atoms with E-state index in [0.29, 0.717) is 17.1 Å². The number of nitrogens with zero attached hydrogens (tertiary/aromatic N) is 2. The number of nitrogens with one attached hydrogen (secondary N) is 1. The second kappa shape index (κ2) is 6.09. The molecule has 2 rings (SSSR count). The molecule has 0 saturated heterocycles. The van der Waals surface area contributed by atoms with Gasteiger partial charge in [0.25, 0.3) is 5.91 Å². The fourth-order valence-electron chi connectivity index (χ4n) is 1.50. The van der Waals surface area contributed by atoms with Gasteiger partial charge in [0.15, 0.2) is 0 Å². The molecule has 19 heavy (non-hydrogen) atoms. The summed E-state index contributed by atoms with van der Waals surface area (Å²) in [6.07, 6.45) is 1.51. The fraction of sp³-hybridized carbons (Fsp3) is 0.154. The topological polar surface area (TPSA) is 80.9 Å². The number of anilines is 1. The number of rotatable bonds is 2. The zero-order valence-corrected chi connectivity index (χ0v) is 11.1. The Morgan fingerprint density at radius 3 is 3.05 bits per heavy atom. The zero-order valence-electron chi connectivity index (χ0n) is 10.3.